The number of hydrogen-bond donors (Lipinski definition) is 1. The minimum Gasteiger partial charge on any atom is -0.487 e. The Morgan fingerprint density at radius 1 is 1.06 bits per heavy atom. The molecule has 3 aromatic rings. The number of imide groups is 1. The number of halogens is 3. The molecule has 0 unspecified atom stereocenters. The van der Waals surface area contributed by atoms with Crippen LogP contribution >= 0.6 is 43.5 Å². The van der Waals surface area contributed by atoms with E-state index in [1.54, 1.807) is 54.6 Å². The lowest BCUT2D eigenvalue weighted by Gasteiger charge is -2.12. The largest absolute Gasteiger partial charge is 0.487 e. The van der Waals surface area contributed by atoms with E-state index in [1.807, 2.05) is 0 Å². The van der Waals surface area contributed by atoms with Crippen LogP contribution in [-0.2, 0) is 11.4 Å². The van der Waals surface area contributed by atoms with Gasteiger partial charge in [0.25, 0.3) is 11.6 Å². The molecule has 1 fully saturated rings. The van der Waals surface area contributed by atoms with Crippen LogP contribution in [0.4, 0.5) is 16.2 Å². The van der Waals surface area contributed by atoms with Crippen LogP contribution in [0.25, 0.3) is 6.08 Å². The molecule has 0 bridgehead atoms. The first-order valence-corrected chi connectivity index (χ1v) is 11.7. The molecule has 1 aliphatic rings. The van der Waals surface area contributed by atoms with E-state index < -0.39 is 16.9 Å². The Balaban J connectivity index is 1.53. The molecular formula is C23H14Br2ClN3O5. The first-order valence-electron chi connectivity index (χ1n) is 9.71. The van der Waals surface area contributed by atoms with Crippen LogP contribution < -0.4 is 15.0 Å². The standard InChI is InChI=1S/C23H14Br2ClN3O5/c24-18-9-14(10-19(25)21(18)34-12-13-2-1-3-17(8-13)29(32)33)11-20-22(30)28(23(31)27-20)16-6-4-15(26)5-7-16/h1-11H,12H2,(H,27,31)/b20-11+. The maximum atomic E-state index is 12.8. The molecule has 1 heterocycles. The number of carbonyl (C=O) groups is 2. The van der Waals surface area contributed by atoms with Crippen molar-refractivity contribution in [2.24, 2.45) is 0 Å². The number of anilines is 1. The van der Waals surface area contributed by atoms with Gasteiger partial charge in [0.05, 0.1) is 19.6 Å². The van der Waals surface area contributed by atoms with Crippen LogP contribution in [0.15, 0.2) is 75.3 Å². The van der Waals surface area contributed by atoms with Gasteiger partial charge in [-0.25, -0.2) is 9.69 Å². The first-order chi connectivity index (χ1) is 16.2. The van der Waals surface area contributed by atoms with Gasteiger partial charge in [-0.05, 0) is 85.5 Å². The van der Waals surface area contributed by atoms with Crippen molar-refractivity contribution in [3.63, 3.8) is 0 Å². The number of carbonyl (C=O) groups excluding carboxylic acids is 2. The number of nitro groups is 1. The maximum Gasteiger partial charge on any atom is 0.333 e. The van der Waals surface area contributed by atoms with E-state index in [0.29, 0.717) is 36.5 Å². The summed E-state index contributed by atoms with van der Waals surface area (Å²) in [5.74, 6) is -0.0104. The summed E-state index contributed by atoms with van der Waals surface area (Å²) in [5, 5.41) is 14.0. The lowest BCUT2D eigenvalue weighted by Crippen LogP contribution is -2.30. The smallest absolute Gasteiger partial charge is 0.333 e. The molecule has 3 aromatic carbocycles. The predicted octanol–water partition coefficient (Wildman–Crippen LogP) is 6.45. The summed E-state index contributed by atoms with van der Waals surface area (Å²) < 4.78 is 7.02. The van der Waals surface area contributed by atoms with E-state index in [9.17, 15) is 19.7 Å². The van der Waals surface area contributed by atoms with E-state index in [1.165, 1.54) is 12.1 Å². The highest BCUT2D eigenvalue weighted by molar-refractivity contribution is 9.11. The number of urea groups is 1. The van der Waals surface area contributed by atoms with Gasteiger partial charge in [0, 0.05) is 17.2 Å². The van der Waals surface area contributed by atoms with Gasteiger partial charge in [-0.2, -0.15) is 0 Å². The van der Waals surface area contributed by atoms with Crippen molar-refractivity contribution >= 4 is 72.8 Å². The minimum atomic E-state index is -0.561. The molecule has 1 N–H and O–H groups in total. The summed E-state index contributed by atoms with van der Waals surface area (Å²) in [6, 6.07) is 15.4. The fraction of sp³-hybridized carbons (Fsp3) is 0.0435. The number of ether oxygens (including phenoxy) is 1. The van der Waals surface area contributed by atoms with E-state index in [-0.39, 0.29) is 18.0 Å². The maximum absolute atomic E-state index is 12.8. The Bertz CT molecular complexity index is 1320. The lowest BCUT2D eigenvalue weighted by atomic mass is 10.1. The van der Waals surface area contributed by atoms with Gasteiger partial charge in [-0.3, -0.25) is 14.9 Å². The average molecular weight is 608 g/mol. The monoisotopic (exact) mass is 605 g/mol. The second-order valence-electron chi connectivity index (χ2n) is 7.13. The molecule has 1 aliphatic heterocycles. The zero-order chi connectivity index (χ0) is 24.4. The predicted molar refractivity (Wildman–Crippen MR) is 135 cm³/mol. The number of rotatable bonds is 6. The van der Waals surface area contributed by atoms with Gasteiger partial charge in [0.1, 0.15) is 18.1 Å². The summed E-state index contributed by atoms with van der Waals surface area (Å²) in [6.45, 7) is 0.115. The molecule has 0 aromatic heterocycles. The summed E-state index contributed by atoms with van der Waals surface area (Å²) in [7, 11) is 0. The van der Waals surface area contributed by atoms with Gasteiger partial charge in [0.2, 0.25) is 0 Å². The molecule has 34 heavy (non-hydrogen) atoms. The second-order valence-corrected chi connectivity index (χ2v) is 9.28. The zero-order valence-electron chi connectivity index (χ0n) is 17.1. The third kappa shape index (κ3) is 5.14. The van der Waals surface area contributed by atoms with Crippen molar-refractivity contribution in [1.29, 1.82) is 0 Å². The van der Waals surface area contributed by atoms with Crippen molar-refractivity contribution in [2.45, 2.75) is 6.61 Å². The molecule has 0 aliphatic carbocycles. The Morgan fingerprint density at radius 3 is 2.38 bits per heavy atom. The van der Waals surface area contributed by atoms with Gasteiger partial charge in [-0.15, -0.1) is 0 Å². The number of nitro benzene ring substituents is 1. The van der Waals surface area contributed by atoms with Gasteiger partial charge < -0.3 is 10.1 Å². The number of amides is 3. The molecule has 172 valence electrons. The van der Waals surface area contributed by atoms with E-state index in [2.05, 4.69) is 37.2 Å². The molecular weight excluding hydrogens is 594 g/mol. The Hall–Kier alpha value is -3.21. The molecule has 1 saturated heterocycles. The fourth-order valence-corrected chi connectivity index (χ4v) is 4.82. The quantitative estimate of drug-likeness (QED) is 0.150. The molecule has 0 saturated carbocycles. The molecule has 0 spiro atoms. The molecule has 0 atom stereocenters. The van der Waals surface area contributed by atoms with Crippen LogP contribution in [0.5, 0.6) is 5.75 Å². The zero-order valence-corrected chi connectivity index (χ0v) is 21.1. The normalized spacial score (nSPS) is 14.4. The van der Waals surface area contributed by atoms with Crippen molar-refractivity contribution in [1.82, 2.24) is 5.32 Å². The number of benzene rings is 3. The van der Waals surface area contributed by atoms with Crippen molar-refractivity contribution in [3.05, 3.63) is 102 Å². The van der Waals surface area contributed by atoms with Gasteiger partial charge in [0.15, 0.2) is 0 Å². The number of non-ortho nitro benzene ring substituents is 1. The Labute approximate surface area is 215 Å². The topological polar surface area (TPSA) is 102 Å². The molecule has 4 rings (SSSR count). The summed E-state index contributed by atoms with van der Waals surface area (Å²) in [5.41, 5.74) is 1.77. The number of nitrogens with one attached hydrogen (secondary N) is 1. The highest BCUT2D eigenvalue weighted by Crippen LogP contribution is 2.36. The Kier molecular flexibility index (Phi) is 7.01. The minimum absolute atomic E-state index is 0.0165. The molecule has 11 heteroatoms. The van der Waals surface area contributed by atoms with E-state index in [4.69, 9.17) is 16.3 Å². The Morgan fingerprint density at radius 2 is 1.74 bits per heavy atom. The summed E-state index contributed by atoms with van der Waals surface area (Å²) >= 11 is 12.8. The fourth-order valence-electron chi connectivity index (χ4n) is 3.24. The summed E-state index contributed by atoms with van der Waals surface area (Å²) in [6.07, 6.45) is 1.55. The van der Waals surface area contributed by atoms with Crippen molar-refractivity contribution in [2.75, 3.05) is 4.90 Å². The highest BCUT2D eigenvalue weighted by atomic mass is 79.9. The molecule has 3 amide bonds. The lowest BCUT2D eigenvalue weighted by molar-refractivity contribution is -0.384. The van der Waals surface area contributed by atoms with Crippen LogP contribution in [0.2, 0.25) is 5.02 Å². The van der Waals surface area contributed by atoms with Crippen LogP contribution in [-0.4, -0.2) is 16.9 Å². The van der Waals surface area contributed by atoms with Gasteiger partial charge >= 0.3 is 6.03 Å². The molecule has 0 radical (unpaired) electrons. The third-order valence-electron chi connectivity index (χ3n) is 4.80. The number of hydrogen-bond acceptors (Lipinski definition) is 5. The van der Waals surface area contributed by atoms with Crippen LogP contribution in [0, 0.1) is 10.1 Å². The van der Waals surface area contributed by atoms with Crippen molar-refractivity contribution < 1.29 is 19.2 Å². The van der Waals surface area contributed by atoms with Crippen LogP contribution in [0.1, 0.15) is 11.1 Å². The van der Waals surface area contributed by atoms with Crippen molar-refractivity contribution in [3.8, 4) is 5.75 Å². The molecule has 8 nitrogen and oxygen atoms in total. The van der Waals surface area contributed by atoms with E-state index >= 15 is 0 Å². The SMILES string of the molecule is O=C1N/C(=C/c2cc(Br)c(OCc3cccc([N+](=O)[O-])c3)c(Br)c2)C(=O)N1c1ccc(Cl)cc1. The van der Waals surface area contributed by atoms with Crippen LogP contribution in [0.3, 0.4) is 0 Å². The average Bonchev–Trinajstić information content (AvgIpc) is 3.06. The second kappa shape index (κ2) is 9.96. The van der Waals surface area contributed by atoms with Gasteiger partial charge in [-0.1, -0.05) is 23.7 Å². The third-order valence-corrected chi connectivity index (χ3v) is 6.23. The number of nitrogens with zero attached hydrogens (tertiary/aromatic N) is 2. The first kappa shape index (κ1) is 23.9. The summed E-state index contributed by atoms with van der Waals surface area (Å²) in [4.78, 5) is 36.7. The van der Waals surface area contributed by atoms with E-state index in [0.717, 1.165) is 4.90 Å². The highest BCUT2D eigenvalue weighted by Gasteiger charge is 2.34.